The lowest BCUT2D eigenvalue weighted by Gasteiger charge is -2.31. The fourth-order valence-corrected chi connectivity index (χ4v) is 3.27. The van der Waals surface area contributed by atoms with Crippen LogP contribution in [0.15, 0.2) is 39.7 Å². The number of nitrogens with one attached hydrogen (secondary N) is 2. The maximum absolute atomic E-state index is 11.1. The summed E-state index contributed by atoms with van der Waals surface area (Å²) in [6, 6.07) is 8.60. The van der Waals surface area contributed by atoms with Crippen molar-refractivity contribution in [2.75, 3.05) is 13.1 Å². The first-order chi connectivity index (χ1) is 10.8. The minimum Gasteiger partial charge on any atom is -0.392 e. The molecule has 2 aromatic heterocycles. The van der Waals surface area contributed by atoms with E-state index in [2.05, 4.69) is 44.3 Å². The Morgan fingerprint density at radius 2 is 2.32 bits per heavy atom. The van der Waals surface area contributed by atoms with Crippen molar-refractivity contribution in [2.45, 2.75) is 25.3 Å². The summed E-state index contributed by atoms with van der Waals surface area (Å²) in [6.45, 7) is 2.84. The molecule has 3 heterocycles. The van der Waals surface area contributed by atoms with Crippen LogP contribution in [0.25, 0.3) is 10.9 Å². The van der Waals surface area contributed by atoms with Gasteiger partial charge >= 0.3 is 5.76 Å². The molecule has 1 saturated heterocycles. The van der Waals surface area contributed by atoms with Crippen molar-refractivity contribution in [1.29, 1.82) is 0 Å². The summed E-state index contributed by atoms with van der Waals surface area (Å²) in [6.07, 6.45) is 4.07. The first-order valence-electron chi connectivity index (χ1n) is 7.62. The molecular formula is C16H18N4O2. The average Bonchev–Trinajstić information content (AvgIpc) is 3.16. The van der Waals surface area contributed by atoms with Gasteiger partial charge in [0, 0.05) is 24.8 Å². The van der Waals surface area contributed by atoms with E-state index in [-0.39, 0.29) is 5.92 Å². The Morgan fingerprint density at radius 1 is 1.36 bits per heavy atom. The Bertz CT molecular complexity index is 832. The fraction of sp³-hybridized carbons (Fsp3) is 0.375. The third-order valence-electron chi connectivity index (χ3n) is 4.34. The van der Waals surface area contributed by atoms with Gasteiger partial charge in [0.05, 0.1) is 5.92 Å². The van der Waals surface area contributed by atoms with Crippen molar-refractivity contribution in [3.05, 3.63) is 52.5 Å². The van der Waals surface area contributed by atoms with Gasteiger partial charge in [-0.05, 0) is 42.5 Å². The largest absolute Gasteiger partial charge is 0.434 e. The molecular weight excluding hydrogens is 280 g/mol. The zero-order valence-electron chi connectivity index (χ0n) is 12.2. The lowest BCUT2D eigenvalue weighted by atomic mass is 9.97. The minimum atomic E-state index is -0.468. The van der Waals surface area contributed by atoms with Gasteiger partial charge in [0.1, 0.15) is 0 Å². The van der Waals surface area contributed by atoms with Crippen LogP contribution >= 0.6 is 0 Å². The van der Waals surface area contributed by atoms with Gasteiger partial charge < -0.3 is 9.40 Å². The topological polar surface area (TPSA) is 77.9 Å². The second-order valence-electron chi connectivity index (χ2n) is 5.92. The molecule has 0 spiro atoms. The molecule has 2 N–H and O–H groups in total. The highest BCUT2D eigenvalue weighted by molar-refractivity contribution is 5.79. The number of hydrogen-bond donors (Lipinski definition) is 2. The van der Waals surface area contributed by atoms with E-state index in [4.69, 9.17) is 4.42 Å². The molecule has 6 nitrogen and oxygen atoms in total. The highest BCUT2D eigenvalue weighted by Gasteiger charge is 2.25. The first kappa shape index (κ1) is 13.3. The Labute approximate surface area is 127 Å². The Balaban J connectivity index is 1.49. The molecule has 0 radical (unpaired) electrons. The second kappa shape index (κ2) is 5.46. The van der Waals surface area contributed by atoms with Gasteiger partial charge in [0.2, 0.25) is 5.89 Å². The molecule has 0 amide bonds. The van der Waals surface area contributed by atoms with Crippen LogP contribution in [0.1, 0.15) is 30.2 Å². The number of nitrogens with zero attached hydrogens (tertiary/aromatic N) is 2. The van der Waals surface area contributed by atoms with Crippen LogP contribution in [-0.4, -0.2) is 33.2 Å². The van der Waals surface area contributed by atoms with E-state index >= 15 is 0 Å². The maximum atomic E-state index is 11.1. The zero-order chi connectivity index (χ0) is 14.9. The number of aromatic nitrogens is 3. The minimum absolute atomic E-state index is 0.196. The van der Waals surface area contributed by atoms with Gasteiger partial charge in [-0.25, -0.2) is 9.89 Å². The van der Waals surface area contributed by atoms with E-state index in [0.29, 0.717) is 5.89 Å². The van der Waals surface area contributed by atoms with Gasteiger partial charge in [-0.15, -0.1) is 5.10 Å². The normalized spacial score (nSPS) is 19.7. The van der Waals surface area contributed by atoms with Crippen molar-refractivity contribution in [2.24, 2.45) is 0 Å². The molecule has 0 aliphatic carbocycles. The van der Waals surface area contributed by atoms with Crippen molar-refractivity contribution in [3.63, 3.8) is 0 Å². The molecule has 0 bridgehead atoms. The molecule has 114 valence electrons. The Kier molecular flexibility index (Phi) is 3.31. The molecule has 6 heteroatoms. The zero-order valence-corrected chi connectivity index (χ0v) is 12.2. The van der Waals surface area contributed by atoms with E-state index in [9.17, 15) is 4.79 Å². The van der Waals surface area contributed by atoms with Crippen molar-refractivity contribution < 1.29 is 4.42 Å². The maximum Gasteiger partial charge on any atom is 0.434 e. The van der Waals surface area contributed by atoms with Gasteiger partial charge in [0.15, 0.2) is 0 Å². The molecule has 1 unspecified atom stereocenters. The summed E-state index contributed by atoms with van der Waals surface area (Å²) >= 11 is 0. The molecule has 4 rings (SSSR count). The summed E-state index contributed by atoms with van der Waals surface area (Å²) < 4.78 is 5.11. The number of rotatable bonds is 3. The quantitative estimate of drug-likeness (QED) is 0.777. The molecule has 1 aromatic carbocycles. The lowest BCUT2D eigenvalue weighted by Crippen LogP contribution is -2.34. The number of hydrogen-bond acceptors (Lipinski definition) is 4. The van der Waals surface area contributed by atoms with E-state index in [1.165, 1.54) is 16.5 Å². The van der Waals surface area contributed by atoms with E-state index in [1.807, 2.05) is 6.20 Å². The monoisotopic (exact) mass is 298 g/mol. The summed E-state index contributed by atoms with van der Waals surface area (Å²) in [5, 5.41) is 7.57. The van der Waals surface area contributed by atoms with Crippen LogP contribution in [0, 0.1) is 0 Å². The van der Waals surface area contributed by atoms with Crippen LogP contribution in [0.3, 0.4) is 0 Å². The number of benzene rings is 1. The first-order valence-corrected chi connectivity index (χ1v) is 7.62. The standard InChI is InChI=1S/C16H18N4O2/c21-16-19-18-15(22-16)13-2-1-7-20(10-13)9-11-3-4-12-5-6-17-14(12)8-11/h3-6,8,13,17H,1-2,7,9-10H2,(H,19,21). The Morgan fingerprint density at radius 3 is 3.18 bits per heavy atom. The van der Waals surface area contributed by atoms with Crippen LogP contribution < -0.4 is 5.76 Å². The van der Waals surface area contributed by atoms with Crippen LogP contribution in [0.4, 0.5) is 0 Å². The summed E-state index contributed by atoms with van der Waals surface area (Å²) in [7, 11) is 0. The summed E-state index contributed by atoms with van der Waals surface area (Å²) in [5.74, 6) is 0.265. The van der Waals surface area contributed by atoms with E-state index in [0.717, 1.165) is 32.5 Å². The van der Waals surface area contributed by atoms with Gasteiger partial charge in [-0.3, -0.25) is 4.90 Å². The van der Waals surface area contributed by atoms with Crippen LogP contribution in [-0.2, 0) is 6.54 Å². The number of piperidine rings is 1. The highest BCUT2D eigenvalue weighted by atomic mass is 16.4. The van der Waals surface area contributed by atoms with Crippen LogP contribution in [0.5, 0.6) is 0 Å². The predicted molar refractivity (Wildman–Crippen MR) is 82.7 cm³/mol. The molecule has 1 aliphatic heterocycles. The van der Waals surface area contributed by atoms with Crippen molar-refractivity contribution >= 4 is 10.9 Å². The molecule has 0 saturated carbocycles. The van der Waals surface area contributed by atoms with Crippen LogP contribution in [0.2, 0.25) is 0 Å². The van der Waals surface area contributed by atoms with Crippen molar-refractivity contribution in [3.8, 4) is 0 Å². The average molecular weight is 298 g/mol. The second-order valence-corrected chi connectivity index (χ2v) is 5.92. The third-order valence-corrected chi connectivity index (χ3v) is 4.34. The number of likely N-dealkylation sites (tertiary alicyclic amines) is 1. The molecule has 1 fully saturated rings. The molecule has 1 atom stereocenters. The fourth-order valence-electron chi connectivity index (χ4n) is 3.27. The van der Waals surface area contributed by atoms with Gasteiger partial charge in [0.25, 0.3) is 0 Å². The highest BCUT2D eigenvalue weighted by Crippen LogP contribution is 2.26. The van der Waals surface area contributed by atoms with E-state index < -0.39 is 5.76 Å². The number of fused-ring (bicyclic) bond motifs is 1. The molecule has 1 aliphatic rings. The van der Waals surface area contributed by atoms with E-state index in [1.54, 1.807) is 0 Å². The summed E-state index contributed by atoms with van der Waals surface area (Å²) in [4.78, 5) is 16.8. The van der Waals surface area contributed by atoms with Gasteiger partial charge in [-0.1, -0.05) is 12.1 Å². The molecule has 3 aromatic rings. The predicted octanol–water partition coefficient (Wildman–Crippen LogP) is 2.22. The number of aromatic amines is 2. The lowest BCUT2D eigenvalue weighted by molar-refractivity contribution is 0.185. The SMILES string of the molecule is O=c1[nH]nc(C2CCCN(Cc3ccc4cc[nH]c4c3)C2)o1. The third kappa shape index (κ3) is 2.57. The Hall–Kier alpha value is -2.34. The molecule has 22 heavy (non-hydrogen) atoms. The number of H-pyrrole nitrogens is 2. The van der Waals surface area contributed by atoms with Gasteiger partial charge in [-0.2, -0.15) is 0 Å². The van der Waals surface area contributed by atoms with Crippen molar-refractivity contribution in [1.82, 2.24) is 20.1 Å². The summed E-state index contributed by atoms with van der Waals surface area (Å²) in [5.41, 5.74) is 2.46. The smallest absolute Gasteiger partial charge is 0.392 e.